The van der Waals surface area contributed by atoms with Crippen molar-refractivity contribution in [3.8, 4) is 11.3 Å². The van der Waals surface area contributed by atoms with Crippen molar-refractivity contribution >= 4 is 28.5 Å². The highest BCUT2D eigenvalue weighted by Crippen LogP contribution is 2.26. The van der Waals surface area contributed by atoms with E-state index in [1.54, 1.807) is 24.3 Å². The summed E-state index contributed by atoms with van der Waals surface area (Å²) in [5, 5.41) is 4.97. The van der Waals surface area contributed by atoms with Crippen LogP contribution in [0.5, 0.6) is 0 Å². The number of fused-ring (bicyclic) bond motifs is 1. The number of carbonyl (C=O) groups is 1. The highest BCUT2D eigenvalue weighted by atomic mass is 35.5. The van der Waals surface area contributed by atoms with Gasteiger partial charge in [-0.3, -0.25) is 0 Å². The highest BCUT2D eigenvalue weighted by molar-refractivity contribution is 6.30. The van der Waals surface area contributed by atoms with E-state index in [4.69, 9.17) is 20.9 Å². The largest absolute Gasteiger partial charge is 0.454 e. The van der Waals surface area contributed by atoms with Crippen molar-refractivity contribution in [2.45, 2.75) is 6.61 Å². The Balaban J connectivity index is 1.74. The molecule has 0 saturated heterocycles. The van der Waals surface area contributed by atoms with Crippen molar-refractivity contribution < 1.29 is 14.1 Å². The molecule has 128 valence electrons. The van der Waals surface area contributed by atoms with Gasteiger partial charge in [-0.2, -0.15) is 0 Å². The van der Waals surface area contributed by atoms with Gasteiger partial charge in [0.05, 0.1) is 23.0 Å². The summed E-state index contributed by atoms with van der Waals surface area (Å²) in [6, 6.07) is 18.1. The number of para-hydroxylation sites is 1. The molecule has 0 aliphatic carbocycles. The van der Waals surface area contributed by atoms with Crippen molar-refractivity contribution in [3.63, 3.8) is 0 Å². The molecule has 5 nitrogen and oxygen atoms in total. The van der Waals surface area contributed by atoms with E-state index in [1.807, 2.05) is 36.4 Å². The first-order valence-electron chi connectivity index (χ1n) is 7.93. The second-order valence-corrected chi connectivity index (χ2v) is 6.07. The van der Waals surface area contributed by atoms with Gasteiger partial charge in [0.1, 0.15) is 0 Å². The number of halogens is 1. The summed E-state index contributed by atoms with van der Waals surface area (Å²) < 4.78 is 10.3. The summed E-state index contributed by atoms with van der Waals surface area (Å²) in [7, 11) is 0. The smallest absolute Gasteiger partial charge is 0.339 e. The van der Waals surface area contributed by atoms with Crippen LogP contribution in [-0.4, -0.2) is 16.1 Å². The topological polar surface area (TPSA) is 65.2 Å². The number of hydrogen-bond acceptors (Lipinski definition) is 5. The number of hydrogen-bond donors (Lipinski definition) is 0. The van der Waals surface area contributed by atoms with Crippen molar-refractivity contribution in [1.82, 2.24) is 10.1 Å². The summed E-state index contributed by atoms with van der Waals surface area (Å²) in [5.41, 5.74) is 2.70. The number of nitrogens with zero attached hydrogens (tertiary/aromatic N) is 2. The SMILES string of the molecule is O=C(OCc1ccno1)c1cc(-c2ccc(Cl)cc2)nc2ccccc12. The molecule has 0 N–H and O–H groups in total. The Kier molecular flexibility index (Phi) is 4.37. The first-order valence-corrected chi connectivity index (χ1v) is 8.31. The molecule has 0 fully saturated rings. The number of esters is 1. The molecule has 2 aromatic heterocycles. The number of carbonyl (C=O) groups excluding carboxylic acids is 1. The number of benzene rings is 2. The standard InChI is InChI=1S/C20H13ClN2O3/c21-14-7-5-13(6-8-14)19-11-17(16-3-1-2-4-18(16)23-19)20(24)25-12-15-9-10-22-26-15/h1-11H,12H2. The van der Waals surface area contributed by atoms with E-state index in [2.05, 4.69) is 10.1 Å². The number of aromatic nitrogens is 2. The number of rotatable bonds is 4. The van der Waals surface area contributed by atoms with Crippen LogP contribution in [0.25, 0.3) is 22.2 Å². The highest BCUT2D eigenvalue weighted by Gasteiger charge is 2.16. The maximum Gasteiger partial charge on any atom is 0.339 e. The van der Waals surface area contributed by atoms with Crippen molar-refractivity contribution in [2.75, 3.05) is 0 Å². The molecule has 26 heavy (non-hydrogen) atoms. The monoisotopic (exact) mass is 364 g/mol. The summed E-state index contributed by atoms with van der Waals surface area (Å²) in [5.74, 6) is 0.0323. The second kappa shape index (κ2) is 6.98. The van der Waals surface area contributed by atoms with Crippen LogP contribution in [0.3, 0.4) is 0 Å². The molecule has 0 amide bonds. The van der Waals surface area contributed by atoms with E-state index in [0.29, 0.717) is 27.6 Å². The minimum absolute atomic E-state index is 0.0196. The molecule has 0 saturated carbocycles. The average Bonchev–Trinajstić information content (AvgIpc) is 3.19. The van der Waals surface area contributed by atoms with E-state index < -0.39 is 5.97 Å². The van der Waals surface area contributed by atoms with Gasteiger partial charge in [0, 0.05) is 22.0 Å². The van der Waals surface area contributed by atoms with Gasteiger partial charge >= 0.3 is 5.97 Å². The lowest BCUT2D eigenvalue weighted by atomic mass is 10.0. The summed E-state index contributed by atoms with van der Waals surface area (Å²) in [4.78, 5) is 17.3. The number of pyridine rings is 1. The minimum atomic E-state index is -0.449. The van der Waals surface area contributed by atoms with Crippen LogP contribution in [0.2, 0.25) is 5.02 Å². The quantitative estimate of drug-likeness (QED) is 0.482. The van der Waals surface area contributed by atoms with Gasteiger partial charge in [0.2, 0.25) is 0 Å². The maximum absolute atomic E-state index is 12.7. The predicted molar refractivity (Wildman–Crippen MR) is 97.8 cm³/mol. The van der Waals surface area contributed by atoms with Crippen LogP contribution in [-0.2, 0) is 11.3 Å². The lowest BCUT2D eigenvalue weighted by molar-refractivity contribution is 0.0439. The Morgan fingerprint density at radius 1 is 1.08 bits per heavy atom. The van der Waals surface area contributed by atoms with Crippen LogP contribution in [0.4, 0.5) is 0 Å². The molecule has 0 radical (unpaired) electrons. The third-order valence-corrected chi connectivity index (χ3v) is 4.16. The van der Waals surface area contributed by atoms with Crippen LogP contribution < -0.4 is 0 Å². The molecule has 4 rings (SSSR count). The summed E-state index contributed by atoms with van der Waals surface area (Å²) in [6.45, 7) is 0.0196. The van der Waals surface area contributed by atoms with Crippen LogP contribution in [0, 0.1) is 0 Å². The molecule has 4 aromatic rings. The first-order chi connectivity index (χ1) is 12.7. The van der Waals surface area contributed by atoms with E-state index in [1.165, 1.54) is 6.20 Å². The molecular weight excluding hydrogens is 352 g/mol. The molecule has 0 unspecified atom stereocenters. The van der Waals surface area contributed by atoms with Crippen molar-refractivity contribution in [2.24, 2.45) is 0 Å². The molecule has 0 bridgehead atoms. The molecule has 0 aliphatic rings. The van der Waals surface area contributed by atoms with Crippen LogP contribution in [0.1, 0.15) is 16.1 Å². The third kappa shape index (κ3) is 3.30. The zero-order valence-electron chi connectivity index (χ0n) is 13.6. The fourth-order valence-corrected chi connectivity index (χ4v) is 2.77. The van der Waals surface area contributed by atoms with Crippen molar-refractivity contribution in [3.05, 3.63) is 83.2 Å². The zero-order valence-corrected chi connectivity index (χ0v) is 14.3. The Morgan fingerprint density at radius 2 is 1.88 bits per heavy atom. The van der Waals surface area contributed by atoms with Crippen LogP contribution in [0.15, 0.2) is 71.4 Å². The third-order valence-electron chi connectivity index (χ3n) is 3.91. The fraction of sp³-hybridized carbons (Fsp3) is 0.0500. The van der Waals surface area contributed by atoms with Crippen molar-refractivity contribution in [1.29, 1.82) is 0 Å². The van der Waals surface area contributed by atoms with Gasteiger partial charge in [-0.05, 0) is 24.3 Å². The summed E-state index contributed by atoms with van der Waals surface area (Å²) in [6.07, 6.45) is 1.50. The van der Waals surface area contributed by atoms with E-state index in [0.717, 1.165) is 10.9 Å². The molecular formula is C20H13ClN2O3. The molecule has 0 aliphatic heterocycles. The van der Waals surface area contributed by atoms with Gasteiger partial charge in [-0.25, -0.2) is 9.78 Å². The molecule has 2 aromatic carbocycles. The molecule has 0 atom stereocenters. The zero-order chi connectivity index (χ0) is 17.9. The van der Waals surface area contributed by atoms with E-state index in [9.17, 15) is 4.79 Å². The Hall–Kier alpha value is -3.18. The summed E-state index contributed by atoms with van der Waals surface area (Å²) >= 11 is 5.96. The minimum Gasteiger partial charge on any atom is -0.454 e. The lowest BCUT2D eigenvalue weighted by Crippen LogP contribution is -2.07. The number of ether oxygens (including phenoxy) is 1. The van der Waals surface area contributed by atoms with E-state index >= 15 is 0 Å². The Bertz CT molecular complexity index is 1060. The van der Waals surface area contributed by atoms with Gasteiger partial charge < -0.3 is 9.26 Å². The van der Waals surface area contributed by atoms with Gasteiger partial charge in [0.15, 0.2) is 12.4 Å². The van der Waals surface area contributed by atoms with Gasteiger partial charge in [-0.15, -0.1) is 0 Å². The fourth-order valence-electron chi connectivity index (χ4n) is 2.64. The maximum atomic E-state index is 12.7. The normalized spacial score (nSPS) is 10.8. The first kappa shape index (κ1) is 16.3. The molecule has 2 heterocycles. The molecule has 6 heteroatoms. The molecule has 0 spiro atoms. The Morgan fingerprint density at radius 3 is 2.65 bits per heavy atom. The van der Waals surface area contributed by atoms with Gasteiger partial charge in [0.25, 0.3) is 0 Å². The lowest BCUT2D eigenvalue weighted by Gasteiger charge is -2.09. The second-order valence-electron chi connectivity index (χ2n) is 5.63. The van der Waals surface area contributed by atoms with E-state index in [-0.39, 0.29) is 6.61 Å². The predicted octanol–water partition coefficient (Wildman–Crippen LogP) is 4.90. The van der Waals surface area contributed by atoms with Crippen LogP contribution >= 0.6 is 11.6 Å². The Labute approximate surface area is 154 Å². The van der Waals surface area contributed by atoms with Gasteiger partial charge in [-0.1, -0.05) is 47.1 Å². The average molecular weight is 365 g/mol.